The molecular formula is C27H30N2O6. The van der Waals surface area contributed by atoms with Crippen molar-refractivity contribution >= 4 is 18.0 Å². The number of carbonyl (C=O) groups is 3. The number of amides is 2. The van der Waals surface area contributed by atoms with Crippen molar-refractivity contribution in [2.45, 2.75) is 43.7 Å². The van der Waals surface area contributed by atoms with E-state index in [1.807, 2.05) is 24.3 Å². The predicted octanol–water partition coefficient (Wildman–Crippen LogP) is 3.40. The second-order valence-corrected chi connectivity index (χ2v) is 9.72. The smallest absolute Gasteiger partial charge is 0.407 e. The van der Waals surface area contributed by atoms with Crippen molar-refractivity contribution in [3.63, 3.8) is 0 Å². The zero-order chi connectivity index (χ0) is 24.6. The molecule has 2 unspecified atom stereocenters. The molecule has 8 nitrogen and oxygen atoms in total. The number of nitrogens with zero attached hydrogens (tertiary/aromatic N) is 1. The summed E-state index contributed by atoms with van der Waals surface area (Å²) in [5, 5.41) is 12.4. The van der Waals surface area contributed by atoms with Crippen LogP contribution in [0.2, 0.25) is 0 Å². The Morgan fingerprint density at radius 2 is 1.77 bits per heavy atom. The first-order valence-electron chi connectivity index (χ1n) is 12.2. The fourth-order valence-electron chi connectivity index (χ4n) is 5.67. The van der Waals surface area contributed by atoms with Crippen molar-refractivity contribution in [2.24, 2.45) is 5.92 Å². The third-order valence-electron chi connectivity index (χ3n) is 7.68. The highest BCUT2D eigenvalue weighted by Gasteiger charge is 2.49. The van der Waals surface area contributed by atoms with Crippen LogP contribution in [0.1, 0.15) is 43.2 Å². The lowest BCUT2D eigenvalue weighted by molar-refractivity contribution is -0.160. The van der Waals surface area contributed by atoms with Crippen LogP contribution in [0.25, 0.3) is 11.1 Å². The molecule has 8 heteroatoms. The van der Waals surface area contributed by atoms with Gasteiger partial charge in [0, 0.05) is 31.5 Å². The molecule has 2 N–H and O–H groups in total. The fourth-order valence-corrected chi connectivity index (χ4v) is 5.67. The molecule has 2 heterocycles. The van der Waals surface area contributed by atoms with Crippen molar-refractivity contribution in [2.75, 3.05) is 26.3 Å². The van der Waals surface area contributed by atoms with Gasteiger partial charge in [0.05, 0.1) is 0 Å². The van der Waals surface area contributed by atoms with E-state index in [-0.39, 0.29) is 30.9 Å². The van der Waals surface area contributed by atoms with Gasteiger partial charge in [-0.1, -0.05) is 48.5 Å². The number of alkyl carbamates (subject to hydrolysis) is 1. The Hall–Kier alpha value is -3.39. The Labute approximate surface area is 204 Å². The van der Waals surface area contributed by atoms with E-state index >= 15 is 0 Å². The van der Waals surface area contributed by atoms with E-state index in [9.17, 15) is 19.5 Å². The van der Waals surface area contributed by atoms with Crippen LogP contribution < -0.4 is 5.32 Å². The lowest BCUT2D eigenvalue weighted by Crippen LogP contribution is -2.55. The molecule has 184 valence electrons. The van der Waals surface area contributed by atoms with Crippen LogP contribution in [0.5, 0.6) is 0 Å². The molecule has 0 aromatic heterocycles. The molecule has 2 amide bonds. The van der Waals surface area contributed by atoms with Crippen LogP contribution in [0.4, 0.5) is 4.79 Å². The monoisotopic (exact) mass is 478 g/mol. The summed E-state index contributed by atoms with van der Waals surface area (Å²) >= 11 is 0. The molecule has 0 bridgehead atoms. The van der Waals surface area contributed by atoms with Crippen LogP contribution >= 0.6 is 0 Å². The standard InChI is InChI=1S/C27H30N2O6/c1-27(25(31)32)12-6-13-29(27)24(30)23-17(11-14-34-23)15-28-26(33)35-16-22-20-9-4-2-7-18(20)19-8-3-5-10-21(19)22/h2-5,7-10,17,22-23H,6,11-16H2,1H3,(H,28,33)(H,31,32)/t17?,23?,27-/m1/s1. The summed E-state index contributed by atoms with van der Waals surface area (Å²) in [7, 11) is 0. The normalized spacial score (nSPS) is 25.2. The van der Waals surface area contributed by atoms with Crippen molar-refractivity contribution in [1.82, 2.24) is 10.2 Å². The molecule has 5 rings (SSSR count). The van der Waals surface area contributed by atoms with Crippen molar-refractivity contribution in [3.8, 4) is 11.1 Å². The van der Waals surface area contributed by atoms with E-state index in [2.05, 4.69) is 29.6 Å². The van der Waals surface area contributed by atoms with E-state index in [0.717, 1.165) is 22.3 Å². The number of likely N-dealkylation sites (tertiary alicyclic amines) is 1. The van der Waals surface area contributed by atoms with E-state index in [1.54, 1.807) is 6.92 Å². The lowest BCUT2D eigenvalue weighted by Gasteiger charge is -2.34. The van der Waals surface area contributed by atoms with Crippen molar-refractivity contribution in [1.29, 1.82) is 0 Å². The van der Waals surface area contributed by atoms with Gasteiger partial charge in [-0.05, 0) is 48.4 Å². The summed E-state index contributed by atoms with van der Waals surface area (Å²) in [6.45, 7) is 2.82. The van der Waals surface area contributed by atoms with E-state index in [4.69, 9.17) is 9.47 Å². The van der Waals surface area contributed by atoms with Gasteiger partial charge in [0.15, 0.2) is 0 Å². The minimum atomic E-state index is -1.21. The summed E-state index contributed by atoms with van der Waals surface area (Å²) in [6, 6.07) is 16.3. The average Bonchev–Trinajstić information content (AvgIpc) is 3.57. The highest BCUT2D eigenvalue weighted by atomic mass is 16.5. The molecule has 35 heavy (non-hydrogen) atoms. The van der Waals surface area contributed by atoms with Gasteiger partial charge in [0.2, 0.25) is 0 Å². The fraction of sp³-hybridized carbons (Fsp3) is 0.444. The first kappa shape index (κ1) is 23.4. The summed E-state index contributed by atoms with van der Waals surface area (Å²) in [4.78, 5) is 38.9. The van der Waals surface area contributed by atoms with E-state index < -0.39 is 23.7 Å². The van der Waals surface area contributed by atoms with Gasteiger partial charge in [-0.25, -0.2) is 9.59 Å². The number of hydrogen-bond acceptors (Lipinski definition) is 5. The second kappa shape index (κ2) is 9.34. The number of benzene rings is 2. The van der Waals surface area contributed by atoms with Gasteiger partial charge in [0.25, 0.3) is 5.91 Å². The number of nitrogens with one attached hydrogen (secondary N) is 1. The molecule has 3 aliphatic rings. The molecule has 2 aromatic rings. The largest absolute Gasteiger partial charge is 0.480 e. The third-order valence-corrected chi connectivity index (χ3v) is 7.68. The molecule has 2 saturated heterocycles. The Balaban J connectivity index is 1.18. The number of hydrogen-bond donors (Lipinski definition) is 2. The highest BCUT2D eigenvalue weighted by molar-refractivity contribution is 5.90. The molecule has 2 aromatic carbocycles. The molecule has 1 aliphatic carbocycles. The van der Waals surface area contributed by atoms with E-state index in [1.165, 1.54) is 4.90 Å². The number of rotatable bonds is 6. The Morgan fingerprint density at radius 1 is 1.11 bits per heavy atom. The molecule has 2 aliphatic heterocycles. The Kier molecular flexibility index (Phi) is 6.23. The summed E-state index contributed by atoms with van der Waals surface area (Å²) in [5.74, 6) is -1.58. The van der Waals surface area contributed by atoms with Gasteiger partial charge in [-0.15, -0.1) is 0 Å². The summed E-state index contributed by atoms with van der Waals surface area (Å²) in [5.41, 5.74) is 3.40. The van der Waals surface area contributed by atoms with Crippen molar-refractivity contribution in [3.05, 3.63) is 59.7 Å². The predicted molar refractivity (Wildman–Crippen MR) is 128 cm³/mol. The van der Waals surface area contributed by atoms with E-state index in [0.29, 0.717) is 32.4 Å². The number of carbonyl (C=O) groups excluding carboxylic acids is 2. The molecule has 0 spiro atoms. The zero-order valence-corrected chi connectivity index (χ0v) is 19.7. The number of ether oxygens (including phenoxy) is 2. The van der Waals surface area contributed by atoms with Gasteiger partial charge >= 0.3 is 12.1 Å². The molecule has 0 saturated carbocycles. The van der Waals surface area contributed by atoms with Crippen LogP contribution in [0, 0.1) is 5.92 Å². The maximum atomic E-state index is 13.1. The number of carboxylic acids is 1. The number of carboxylic acid groups (broad SMARTS) is 1. The second-order valence-electron chi connectivity index (χ2n) is 9.72. The van der Waals surface area contributed by atoms with Gasteiger partial charge in [0.1, 0.15) is 18.2 Å². The first-order chi connectivity index (χ1) is 16.9. The van der Waals surface area contributed by atoms with Gasteiger partial charge in [-0.2, -0.15) is 0 Å². The first-order valence-corrected chi connectivity index (χ1v) is 12.2. The summed E-state index contributed by atoms with van der Waals surface area (Å²) in [6.07, 6.45) is 0.368. The van der Waals surface area contributed by atoms with Crippen LogP contribution in [-0.2, 0) is 19.1 Å². The Bertz CT molecular complexity index is 1100. The quantitative estimate of drug-likeness (QED) is 0.659. The zero-order valence-electron chi connectivity index (χ0n) is 19.7. The topological polar surface area (TPSA) is 105 Å². The lowest BCUT2D eigenvalue weighted by atomic mass is 9.96. The summed E-state index contributed by atoms with van der Waals surface area (Å²) < 4.78 is 11.3. The van der Waals surface area contributed by atoms with Gasteiger partial charge < -0.3 is 24.8 Å². The minimum absolute atomic E-state index is 0.0267. The minimum Gasteiger partial charge on any atom is -0.480 e. The third kappa shape index (κ3) is 4.16. The highest BCUT2D eigenvalue weighted by Crippen LogP contribution is 2.44. The SMILES string of the molecule is C[C@]1(C(=O)O)CCCN1C(=O)C1OCCC1CNC(=O)OCC1c2ccccc2-c2ccccc21. The van der Waals surface area contributed by atoms with Gasteiger partial charge in [-0.3, -0.25) is 4.79 Å². The Morgan fingerprint density at radius 3 is 2.43 bits per heavy atom. The molecule has 2 fully saturated rings. The van der Waals surface area contributed by atoms with Crippen molar-refractivity contribution < 1.29 is 29.0 Å². The number of fused-ring (bicyclic) bond motifs is 3. The van der Waals surface area contributed by atoms with Crippen LogP contribution in [-0.4, -0.2) is 65.9 Å². The molecule has 0 radical (unpaired) electrons. The van der Waals surface area contributed by atoms with Crippen LogP contribution in [0.15, 0.2) is 48.5 Å². The maximum absolute atomic E-state index is 13.1. The average molecular weight is 479 g/mol. The maximum Gasteiger partial charge on any atom is 0.407 e. The molecular weight excluding hydrogens is 448 g/mol. The van der Waals surface area contributed by atoms with Crippen LogP contribution in [0.3, 0.4) is 0 Å². The number of aliphatic carboxylic acids is 1. The molecule has 3 atom stereocenters.